The number of nitrogens with two attached hydrogens (primary N) is 1. The molecule has 3 aromatic carbocycles. The number of primary amides is 1. The molecule has 0 fully saturated rings. The van der Waals surface area contributed by atoms with Crippen molar-refractivity contribution in [2.75, 3.05) is 0 Å². The molecule has 0 aliphatic rings. The van der Waals surface area contributed by atoms with Crippen molar-refractivity contribution in [2.24, 2.45) is 5.73 Å². The van der Waals surface area contributed by atoms with Gasteiger partial charge in [0.1, 0.15) is 11.6 Å². The minimum atomic E-state index is -0.624. The Morgan fingerprint density at radius 3 is 2.62 bits per heavy atom. The molecule has 0 bridgehead atoms. The summed E-state index contributed by atoms with van der Waals surface area (Å²) in [5, 5.41) is 0.951. The molecule has 0 spiro atoms. The number of fused-ring (bicyclic) bond motifs is 3. The Balaban J connectivity index is 2.06. The highest BCUT2D eigenvalue weighted by molar-refractivity contribution is 6.30. The summed E-state index contributed by atoms with van der Waals surface area (Å²) in [6, 6.07) is 15.3. The number of benzene rings is 3. The average molecular weight is 370 g/mol. The van der Waals surface area contributed by atoms with Crippen LogP contribution in [-0.2, 0) is 6.54 Å². The number of nitrogens with zero attached hydrogens (tertiary/aromatic N) is 1. The Morgan fingerprint density at radius 2 is 1.85 bits per heavy atom. The second kappa shape index (κ2) is 6.11. The number of hydrogen-bond acceptors (Lipinski definition) is 1. The summed E-state index contributed by atoms with van der Waals surface area (Å²) in [7, 11) is 0. The number of amides is 1. The van der Waals surface area contributed by atoms with Gasteiger partial charge in [0, 0.05) is 28.0 Å². The van der Waals surface area contributed by atoms with Gasteiger partial charge < -0.3 is 10.3 Å². The number of aromatic nitrogens is 1. The van der Waals surface area contributed by atoms with Crippen LogP contribution in [-0.4, -0.2) is 10.5 Å². The lowest BCUT2D eigenvalue weighted by molar-refractivity contribution is 0.100. The lowest BCUT2D eigenvalue weighted by atomic mass is 10.1. The number of carbonyl (C=O) groups excluding carboxylic acids is 1. The van der Waals surface area contributed by atoms with Crippen LogP contribution in [0.3, 0.4) is 0 Å². The summed E-state index contributed by atoms with van der Waals surface area (Å²) in [5.74, 6) is -1.69. The molecule has 4 rings (SSSR count). The normalized spacial score (nSPS) is 11.3. The Labute approximate surface area is 152 Å². The summed E-state index contributed by atoms with van der Waals surface area (Å²) in [5.41, 5.74) is 7.38. The maximum absolute atomic E-state index is 14.4. The smallest absolute Gasteiger partial charge is 0.249 e. The van der Waals surface area contributed by atoms with E-state index in [4.69, 9.17) is 17.3 Å². The van der Waals surface area contributed by atoms with Crippen molar-refractivity contribution in [3.05, 3.63) is 82.4 Å². The van der Waals surface area contributed by atoms with E-state index in [1.54, 1.807) is 41.0 Å². The molecule has 26 heavy (non-hydrogen) atoms. The fourth-order valence-electron chi connectivity index (χ4n) is 3.25. The molecule has 6 heteroatoms. The SMILES string of the molecule is NC(=O)c1cccc2c1c1[c]c(F)ccc1n2Cc1cccc(Cl)c1F. The second-order valence-corrected chi connectivity index (χ2v) is 6.34. The van der Waals surface area contributed by atoms with Crippen molar-refractivity contribution < 1.29 is 13.6 Å². The first-order valence-corrected chi connectivity index (χ1v) is 8.20. The molecule has 1 heterocycles. The second-order valence-electron chi connectivity index (χ2n) is 5.93. The van der Waals surface area contributed by atoms with E-state index < -0.39 is 17.5 Å². The van der Waals surface area contributed by atoms with E-state index in [0.29, 0.717) is 27.4 Å². The topological polar surface area (TPSA) is 48.0 Å². The first-order valence-electron chi connectivity index (χ1n) is 7.83. The van der Waals surface area contributed by atoms with Crippen molar-refractivity contribution in [2.45, 2.75) is 6.54 Å². The molecule has 2 N–H and O–H groups in total. The van der Waals surface area contributed by atoms with Crippen LogP contribution < -0.4 is 5.73 Å². The zero-order valence-corrected chi connectivity index (χ0v) is 14.1. The lowest BCUT2D eigenvalue weighted by Crippen LogP contribution is -2.11. The van der Waals surface area contributed by atoms with Gasteiger partial charge in [-0.2, -0.15) is 0 Å². The summed E-state index contributed by atoms with van der Waals surface area (Å²) in [6.07, 6.45) is 0. The highest BCUT2D eigenvalue weighted by atomic mass is 35.5. The van der Waals surface area contributed by atoms with Crippen LogP contribution in [0.4, 0.5) is 8.78 Å². The molecule has 3 nitrogen and oxygen atoms in total. The predicted molar refractivity (Wildman–Crippen MR) is 97.3 cm³/mol. The average Bonchev–Trinajstić information content (AvgIpc) is 2.92. The maximum Gasteiger partial charge on any atom is 0.249 e. The number of hydrogen-bond donors (Lipinski definition) is 1. The first kappa shape index (κ1) is 16.5. The molecule has 0 aliphatic heterocycles. The molecular weight excluding hydrogens is 358 g/mol. The highest BCUT2D eigenvalue weighted by Crippen LogP contribution is 2.33. The van der Waals surface area contributed by atoms with Crippen molar-refractivity contribution >= 4 is 39.3 Å². The van der Waals surface area contributed by atoms with Gasteiger partial charge in [-0.25, -0.2) is 8.78 Å². The van der Waals surface area contributed by atoms with Gasteiger partial charge in [-0.3, -0.25) is 4.79 Å². The molecule has 0 saturated carbocycles. The van der Waals surface area contributed by atoms with Gasteiger partial charge >= 0.3 is 0 Å². The van der Waals surface area contributed by atoms with E-state index >= 15 is 0 Å². The number of carbonyl (C=O) groups is 1. The fraction of sp³-hybridized carbons (Fsp3) is 0.0500. The van der Waals surface area contributed by atoms with Crippen LogP contribution >= 0.6 is 11.6 Å². The number of halogens is 3. The van der Waals surface area contributed by atoms with Gasteiger partial charge in [0.05, 0.1) is 22.6 Å². The van der Waals surface area contributed by atoms with Gasteiger partial charge in [-0.15, -0.1) is 0 Å². The van der Waals surface area contributed by atoms with Crippen LogP contribution in [0.5, 0.6) is 0 Å². The third kappa shape index (κ3) is 2.52. The Kier molecular flexibility index (Phi) is 3.89. The molecule has 0 unspecified atom stereocenters. The molecule has 0 saturated heterocycles. The van der Waals surface area contributed by atoms with Crippen LogP contribution in [0.1, 0.15) is 15.9 Å². The van der Waals surface area contributed by atoms with E-state index in [9.17, 15) is 13.6 Å². The Bertz CT molecular complexity index is 1180. The standard InChI is InChI=1S/C20H12ClF2N2O/c21-15-5-1-3-11(19(15)23)10-25-16-8-7-12(22)9-14(16)18-13(20(24)26)4-2-6-17(18)25/h1-8H,10H2,(H2,24,26). The molecule has 1 aromatic heterocycles. The van der Waals surface area contributed by atoms with E-state index in [1.807, 2.05) is 0 Å². The molecular formula is C20H12ClF2N2O. The first-order chi connectivity index (χ1) is 12.5. The zero-order chi connectivity index (χ0) is 18.4. The van der Waals surface area contributed by atoms with Gasteiger partial charge in [0.15, 0.2) is 0 Å². The minimum Gasteiger partial charge on any atom is -0.366 e. The van der Waals surface area contributed by atoms with Crippen LogP contribution in [0.2, 0.25) is 5.02 Å². The summed E-state index contributed by atoms with van der Waals surface area (Å²) < 4.78 is 30.0. The molecule has 1 radical (unpaired) electrons. The van der Waals surface area contributed by atoms with E-state index in [1.165, 1.54) is 12.1 Å². The van der Waals surface area contributed by atoms with E-state index in [2.05, 4.69) is 6.07 Å². The molecule has 0 atom stereocenters. The monoisotopic (exact) mass is 369 g/mol. The molecule has 0 aliphatic carbocycles. The lowest BCUT2D eigenvalue weighted by Gasteiger charge is -2.10. The Hall–Kier alpha value is -2.92. The van der Waals surface area contributed by atoms with Crippen molar-refractivity contribution in [1.29, 1.82) is 0 Å². The zero-order valence-electron chi connectivity index (χ0n) is 13.4. The van der Waals surface area contributed by atoms with Crippen molar-refractivity contribution in [3.8, 4) is 0 Å². The minimum absolute atomic E-state index is 0.0266. The number of rotatable bonds is 3. The highest BCUT2D eigenvalue weighted by Gasteiger charge is 2.18. The van der Waals surface area contributed by atoms with Gasteiger partial charge in [0.25, 0.3) is 0 Å². The van der Waals surface area contributed by atoms with Crippen molar-refractivity contribution in [1.82, 2.24) is 4.57 Å². The largest absolute Gasteiger partial charge is 0.366 e. The quantitative estimate of drug-likeness (QED) is 0.560. The summed E-state index contributed by atoms with van der Waals surface area (Å²) >= 11 is 5.88. The third-order valence-corrected chi connectivity index (χ3v) is 4.68. The third-order valence-electron chi connectivity index (χ3n) is 4.39. The Morgan fingerprint density at radius 1 is 1.08 bits per heavy atom. The van der Waals surface area contributed by atoms with Crippen LogP contribution in [0, 0.1) is 17.7 Å². The predicted octanol–water partition coefficient (Wildman–Crippen LogP) is 4.67. The van der Waals surface area contributed by atoms with E-state index in [-0.39, 0.29) is 17.1 Å². The summed E-state index contributed by atoms with van der Waals surface area (Å²) in [6.45, 7) is 0.161. The van der Waals surface area contributed by atoms with Crippen molar-refractivity contribution in [3.63, 3.8) is 0 Å². The maximum atomic E-state index is 14.4. The molecule has 1 amide bonds. The van der Waals surface area contributed by atoms with Crippen LogP contribution in [0.25, 0.3) is 21.8 Å². The van der Waals surface area contributed by atoms with Gasteiger partial charge in [-0.1, -0.05) is 29.8 Å². The molecule has 129 valence electrons. The van der Waals surface area contributed by atoms with Gasteiger partial charge in [-0.05, 0) is 30.3 Å². The molecule has 4 aromatic rings. The van der Waals surface area contributed by atoms with E-state index in [0.717, 1.165) is 0 Å². The summed E-state index contributed by atoms with van der Waals surface area (Å²) in [4.78, 5) is 11.8. The van der Waals surface area contributed by atoms with Crippen LogP contribution in [0.15, 0.2) is 48.5 Å². The fourth-order valence-corrected chi connectivity index (χ4v) is 3.44. The van der Waals surface area contributed by atoms with Gasteiger partial charge in [0.2, 0.25) is 5.91 Å².